The summed E-state index contributed by atoms with van der Waals surface area (Å²) in [6.07, 6.45) is 5.48. The maximum atomic E-state index is 11.8. The number of nitrogens with one attached hydrogen (secondary N) is 1. The number of carbonyl (C=O) groups is 1. The average Bonchev–Trinajstić information content (AvgIpc) is 3.04. The molecule has 3 N–H and O–H groups in total. The highest BCUT2D eigenvalue weighted by Crippen LogP contribution is 2.33. The van der Waals surface area contributed by atoms with Gasteiger partial charge < -0.3 is 11.1 Å². The molecule has 1 aliphatic carbocycles. The minimum atomic E-state index is -0.328. The summed E-state index contributed by atoms with van der Waals surface area (Å²) in [4.78, 5) is 14.4. The summed E-state index contributed by atoms with van der Waals surface area (Å²) in [6, 6.07) is 1.37. The molecular formula is C13H27Cl2N3O. The molecule has 2 fully saturated rings. The van der Waals surface area contributed by atoms with Crippen LogP contribution in [0.15, 0.2) is 0 Å². The smallest absolute Gasteiger partial charge is 0.237 e. The molecule has 6 heteroatoms. The van der Waals surface area contributed by atoms with Gasteiger partial charge in [0, 0.05) is 24.7 Å². The number of carbonyl (C=O) groups excluding carboxylic acids is 1. The molecule has 0 aromatic rings. The van der Waals surface area contributed by atoms with Crippen molar-refractivity contribution in [1.82, 2.24) is 10.2 Å². The molecule has 0 aromatic heterocycles. The van der Waals surface area contributed by atoms with Gasteiger partial charge in [-0.05, 0) is 32.6 Å². The van der Waals surface area contributed by atoms with Crippen molar-refractivity contribution in [2.75, 3.05) is 6.54 Å². The lowest BCUT2D eigenvalue weighted by molar-refractivity contribution is -0.123. The summed E-state index contributed by atoms with van der Waals surface area (Å²) in [5.74, 6) is 0.0293. The van der Waals surface area contributed by atoms with Gasteiger partial charge in [-0.25, -0.2) is 0 Å². The molecule has 0 bridgehead atoms. The Hall–Kier alpha value is -0.0300. The fraction of sp³-hybridized carbons (Fsp3) is 0.923. The molecule has 0 aromatic carbocycles. The number of nitrogens with zero attached hydrogens (tertiary/aromatic N) is 1. The molecule has 1 aliphatic heterocycles. The third kappa shape index (κ3) is 5.10. The summed E-state index contributed by atoms with van der Waals surface area (Å²) in [7, 11) is 0. The molecule has 1 heterocycles. The van der Waals surface area contributed by atoms with E-state index < -0.39 is 0 Å². The monoisotopic (exact) mass is 311 g/mol. The molecule has 0 spiro atoms. The largest absolute Gasteiger partial charge is 0.351 e. The average molecular weight is 312 g/mol. The lowest BCUT2D eigenvalue weighted by Gasteiger charge is -2.20. The van der Waals surface area contributed by atoms with Gasteiger partial charge in [0.2, 0.25) is 5.91 Å². The predicted molar refractivity (Wildman–Crippen MR) is 83.1 cm³/mol. The Bertz CT molecular complexity index is 287. The number of nitrogens with two attached hydrogens (primary N) is 1. The third-order valence-corrected chi connectivity index (χ3v) is 3.92. The number of rotatable bonds is 5. The third-order valence-electron chi connectivity index (χ3n) is 3.92. The molecule has 19 heavy (non-hydrogen) atoms. The highest BCUT2D eigenvalue weighted by atomic mass is 35.5. The summed E-state index contributed by atoms with van der Waals surface area (Å²) in [5, 5.41) is 3.10. The Kier molecular flexibility index (Phi) is 8.29. The van der Waals surface area contributed by atoms with Crippen molar-refractivity contribution in [2.24, 2.45) is 5.73 Å². The van der Waals surface area contributed by atoms with E-state index in [1.165, 1.54) is 12.8 Å². The van der Waals surface area contributed by atoms with Crippen LogP contribution in [0.1, 0.15) is 46.0 Å². The van der Waals surface area contributed by atoms with Crippen molar-refractivity contribution in [3.63, 3.8) is 0 Å². The second-order valence-corrected chi connectivity index (χ2v) is 5.61. The second-order valence-electron chi connectivity index (χ2n) is 5.61. The van der Waals surface area contributed by atoms with E-state index in [1.807, 2.05) is 0 Å². The Labute approximate surface area is 128 Å². The molecular weight excluding hydrogens is 285 g/mol. The Morgan fingerprint density at radius 2 is 2.05 bits per heavy atom. The van der Waals surface area contributed by atoms with Gasteiger partial charge in [0.1, 0.15) is 0 Å². The molecule has 3 unspecified atom stereocenters. The minimum absolute atomic E-state index is 0. The van der Waals surface area contributed by atoms with Crippen molar-refractivity contribution in [3.05, 3.63) is 0 Å². The first-order valence-electron chi connectivity index (χ1n) is 6.93. The van der Waals surface area contributed by atoms with Crippen LogP contribution in [-0.2, 0) is 4.79 Å². The van der Waals surface area contributed by atoms with Crippen LogP contribution in [0.2, 0.25) is 0 Å². The zero-order valence-electron chi connectivity index (χ0n) is 11.8. The van der Waals surface area contributed by atoms with E-state index in [2.05, 4.69) is 24.1 Å². The van der Waals surface area contributed by atoms with Crippen molar-refractivity contribution in [1.29, 1.82) is 0 Å². The van der Waals surface area contributed by atoms with Crippen LogP contribution in [0.3, 0.4) is 0 Å². The first-order chi connectivity index (χ1) is 8.11. The minimum Gasteiger partial charge on any atom is -0.351 e. The second kappa shape index (κ2) is 8.30. The predicted octanol–water partition coefficient (Wildman–Crippen LogP) is 1.70. The fourth-order valence-corrected chi connectivity index (χ4v) is 2.83. The van der Waals surface area contributed by atoms with Crippen molar-refractivity contribution in [3.8, 4) is 0 Å². The van der Waals surface area contributed by atoms with Crippen LogP contribution in [0.4, 0.5) is 0 Å². The van der Waals surface area contributed by atoms with E-state index in [0.29, 0.717) is 12.1 Å². The first kappa shape index (κ1) is 19.0. The maximum Gasteiger partial charge on any atom is 0.237 e. The van der Waals surface area contributed by atoms with E-state index in [0.717, 1.165) is 31.8 Å². The Balaban J connectivity index is 0.00000162. The summed E-state index contributed by atoms with van der Waals surface area (Å²) in [6.45, 7) is 5.33. The molecule has 1 saturated carbocycles. The highest BCUT2D eigenvalue weighted by Gasteiger charge is 2.39. The lowest BCUT2D eigenvalue weighted by Crippen LogP contribution is -2.46. The number of halogens is 2. The lowest BCUT2D eigenvalue weighted by atomic mass is 10.1. The van der Waals surface area contributed by atoms with Gasteiger partial charge in [-0.15, -0.1) is 24.8 Å². The van der Waals surface area contributed by atoms with Gasteiger partial charge >= 0.3 is 0 Å². The van der Waals surface area contributed by atoms with E-state index in [9.17, 15) is 4.79 Å². The first-order valence-corrected chi connectivity index (χ1v) is 6.93. The zero-order valence-corrected chi connectivity index (χ0v) is 13.4. The van der Waals surface area contributed by atoms with Crippen LogP contribution >= 0.6 is 24.8 Å². The van der Waals surface area contributed by atoms with Gasteiger partial charge in [0.05, 0.1) is 6.04 Å². The quantitative estimate of drug-likeness (QED) is 0.812. The van der Waals surface area contributed by atoms with Crippen LogP contribution in [0.5, 0.6) is 0 Å². The van der Waals surface area contributed by atoms with Gasteiger partial charge in [-0.3, -0.25) is 9.69 Å². The summed E-state index contributed by atoms with van der Waals surface area (Å²) >= 11 is 0. The van der Waals surface area contributed by atoms with E-state index in [-0.39, 0.29) is 36.8 Å². The zero-order chi connectivity index (χ0) is 12.4. The summed E-state index contributed by atoms with van der Waals surface area (Å²) < 4.78 is 0. The van der Waals surface area contributed by atoms with Crippen molar-refractivity contribution in [2.45, 2.75) is 70.1 Å². The highest BCUT2D eigenvalue weighted by molar-refractivity contribution is 5.85. The number of hydrogen-bond acceptors (Lipinski definition) is 3. The number of hydrogen-bond donors (Lipinski definition) is 2. The Morgan fingerprint density at radius 3 is 2.58 bits per heavy atom. The molecule has 1 saturated heterocycles. The maximum absolute atomic E-state index is 11.8. The molecule has 3 atom stereocenters. The van der Waals surface area contributed by atoms with Crippen LogP contribution in [0.25, 0.3) is 0 Å². The number of amides is 1. The van der Waals surface area contributed by atoms with Crippen molar-refractivity contribution < 1.29 is 4.79 Å². The van der Waals surface area contributed by atoms with Gasteiger partial charge in [0.25, 0.3) is 0 Å². The summed E-state index contributed by atoms with van der Waals surface area (Å²) in [5.41, 5.74) is 5.82. The van der Waals surface area contributed by atoms with E-state index in [1.54, 1.807) is 0 Å². The van der Waals surface area contributed by atoms with E-state index in [4.69, 9.17) is 5.73 Å². The SMILES string of the molecule is CCCC(N)C(=O)NC1CC(C)N(C2CC2)C1.Cl.Cl. The topological polar surface area (TPSA) is 58.4 Å². The Morgan fingerprint density at radius 1 is 1.42 bits per heavy atom. The number of likely N-dealkylation sites (tertiary alicyclic amines) is 1. The van der Waals surface area contributed by atoms with Gasteiger partial charge in [-0.1, -0.05) is 13.3 Å². The van der Waals surface area contributed by atoms with Gasteiger partial charge in [0.15, 0.2) is 0 Å². The molecule has 2 aliphatic rings. The molecule has 114 valence electrons. The standard InChI is InChI=1S/C13H25N3O.2ClH/c1-3-4-12(14)13(17)15-10-7-9(2)16(8-10)11-5-6-11;;/h9-12H,3-8,14H2,1-2H3,(H,15,17);2*1H. The molecule has 2 rings (SSSR count). The van der Waals surface area contributed by atoms with Crippen molar-refractivity contribution >= 4 is 30.7 Å². The van der Waals surface area contributed by atoms with Crippen LogP contribution in [-0.4, -0.2) is 41.5 Å². The van der Waals surface area contributed by atoms with Crippen LogP contribution in [0, 0.1) is 0 Å². The fourth-order valence-electron chi connectivity index (χ4n) is 2.83. The van der Waals surface area contributed by atoms with Crippen LogP contribution < -0.4 is 11.1 Å². The van der Waals surface area contributed by atoms with E-state index >= 15 is 0 Å². The molecule has 4 nitrogen and oxygen atoms in total. The molecule has 0 radical (unpaired) electrons. The normalized spacial score (nSPS) is 28.2. The molecule has 1 amide bonds. The van der Waals surface area contributed by atoms with Gasteiger partial charge in [-0.2, -0.15) is 0 Å².